The minimum atomic E-state index is -4.61. The molecule has 4 aromatic rings. The van der Waals surface area contributed by atoms with E-state index in [-0.39, 0.29) is 18.2 Å². The maximum Gasteiger partial charge on any atom is 0.435 e. The lowest BCUT2D eigenvalue weighted by atomic mass is 10.2. The van der Waals surface area contributed by atoms with Crippen molar-refractivity contribution in [3.05, 3.63) is 84.4 Å². The maximum absolute atomic E-state index is 13.4. The molecule has 0 aliphatic carbocycles. The zero-order valence-corrected chi connectivity index (χ0v) is 19.7. The van der Waals surface area contributed by atoms with Crippen LogP contribution in [0.2, 0.25) is 0 Å². The molecule has 0 saturated carbocycles. The van der Waals surface area contributed by atoms with E-state index in [4.69, 9.17) is 5.11 Å². The summed E-state index contributed by atoms with van der Waals surface area (Å²) < 4.78 is 41.4. The highest BCUT2D eigenvalue weighted by molar-refractivity contribution is 6.07. The van der Waals surface area contributed by atoms with Gasteiger partial charge in [-0.1, -0.05) is 0 Å². The number of benzene rings is 1. The molecule has 0 saturated heterocycles. The summed E-state index contributed by atoms with van der Waals surface area (Å²) in [5.41, 5.74) is 0.904. The second-order valence-electron chi connectivity index (χ2n) is 8.18. The van der Waals surface area contributed by atoms with Gasteiger partial charge in [-0.15, -0.1) is 0 Å². The van der Waals surface area contributed by atoms with Crippen LogP contribution in [-0.2, 0) is 6.18 Å². The summed E-state index contributed by atoms with van der Waals surface area (Å²) in [5.74, 6) is 0.0613. The van der Waals surface area contributed by atoms with Crippen LogP contribution in [0.4, 0.5) is 24.7 Å². The van der Waals surface area contributed by atoms with E-state index in [1.54, 1.807) is 54.7 Å². The molecule has 4 rings (SSSR count). The maximum atomic E-state index is 13.4. The number of pyridine rings is 2. The number of nitrogens with one attached hydrogen (secondary N) is 2. The van der Waals surface area contributed by atoms with Gasteiger partial charge in [0.25, 0.3) is 5.91 Å². The van der Waals surface area contributed by atoms with Crippen LogP contribution in [0.25, 0.3) is 16.9 Å². The Morgan fingerprint density at radius 2 is 1.78 bits per heavy atom. The predicted molar refractivity (Wildman–Crippen MR) is 133 cm³/mol. The quantitative estimate of drug-likeness (QED) is 0.254. The smallest absolute Gasteiger partial charge is 0.396 e. The molecule has 0 bridgehead atoms. The first-order chi connectivity index (χ1) is 17.9. The number of anilines is 2. The lowest BCUT2D eigenvalue weighted by molar-refractivity contribution is -0.141. The second kappa shape index (κ2) is 11.7. The second-order valence-corrected chi connectivity index (χ2v) is 8.18. The number of carbonyl (C=O) groups excluding carboxylic acids is 1. The van der Waals surface area contributed by atoms with Crippen LogP contribution in [0.1, 0.15) is 35.3 Å². The first-order valence-corrected chi connectivity index (χ1v) is 11.7. The minimum Gasteiger partial charge on any atom is -0.396 e. The van der Waals surface area contributed by atoms with Gasteiger partial charge in [-0.25, -0.2) is 9.67 Å². The van der Waals surface area contributed by atoms with Gasteiger partial charge in [0, 0.05) is 43.0 Å². The molecule has 0 atom stereocenters. The van der Waals surface area contributed by atoms with Crippen LogP contribution in [0.3, 0.4) is 0 Å². The van der Waals surface area contributed by atoms with E-state index in [0.717, 1.165) is 18.9 Å². The van der Waals surface area contributed by atoms with Gasteiger partial charge in [-0.05, 0) is 73.9 Å². The number of nitrogens with zero attached hydrogens (tertiary/aromatic N) is 4. The number of aromatic nitrogens is 4. The summed E-state index contributed by atoms with van der Waals surface area (Å²) in [6.45, 7) is 0.750. The fraction of sp³-hybridized carbons (Fsp3) is 0.231. The fourth-order valence-electron chi connectivity index (χ4n) is 3.67. The van der Waals surface area contributed by atoms with E-state index >= 15 is 0 Å². The van der Waals surface area contributed by atoms with Crippen molar-refractivity contribution in [2.24, 2.45) is 0 Å². The number of amides is 1. The first-order valence-electron chi connectivity index (χ1n) is 11.7. The van der Waals surface area contributed by atoms with Gasteiger partial charge < -0.3 is 15.7 Å². The highest BCUT2D eigenvalue weighted by atomic mass is 19.4. The van der Waals surface area contributed by atoms with Gasteiger partial charge in [0.1, 0.15) is 5.82 Å². The lowest BCUT2D eigenvalue weighted by Crippen LogP contribution is -2.16. The third-order valence-corrected chi connectivity index (χ3v) is 5.51. The Morgan fingerprint density at radius 3 is 2.49 bits per heavy atom. The van der Waals surface area contributed by atoms with Gasteiger partial charge in [0.05, 0.1) is 16.9 Å². The molecule has 0 aliphatic rings. The van der Waals surface area contributed by atoms with E-state index in [0.29, 0.717) is 41.3 Å². The van der Waals surface area contributed by atoms with E-state index < -0.39 is 11.9 Å². The Hall–Kier alpha value is -4.25. The largest absolute Gasteiger partial charge is 0.435 e. The SMILES string of the molecule is O=C(Nc1ccc(-n2nc(C(F)(F)F)cc2-c2cccnc2)cc1)c1cccnc1NCCCCCO. The average Bonchev–Trinajstić information content (AvgIpc) is 3.36. The Balaban J connectivity index is 1.52. The van der Waals surface area contributed by atoms with Crippen molar-refractivity contribution >= 4 is 17.4 Å². The van der Waals surface area contributed by atoms with Gasteiger partial charge in [0.15, 0.2) is 5.69 Å². The topological polar surface area (TPSA) is 105 Å². The number of hydrogen-bond acceptors (Lipinski definition) is 6. The van der Waals surface area contributed by atoms with Crippen LogP contribution in [0.15, 0.2) is 73.2 Å². The van der Waals surface area contributed by atoms with Gasteiger partial charge in [0.2, 0.25) is 0 Å². The third-order valence-electron chi connectivity index (χ3n) is 5.51. The van der Waals surface area contributed by atoms with E-state index in [9.17, 15) is 18.0 Å². The Bertz CT molecular complexity index is 1320. The van der Waals surface area contributed by atoms with Crippen LogP contribution < -0.4 is 10.6 Å². The van der Waals surface area contributed by atoms with Crippen LogP contribution >= 0.6 is 0 Å². The molecule has 192 valence electrons. The molecule has 8 nitrogen and oxygen atoms in total. The summed E-state index contributed by atoms with van der Waals surface area (Å²) in [7, 11) is 0. The standard InChI is InChI=1S/C26H25F3N6O2/c27-26(28,29)23-16-22(18-6-4-12-30-17-18)35(34-23)20-10-8-19(9-11-20)33-25(37)21-7-5-14-32-24(21)31-13-2-1-3-15-36/h4-12,14,16-17,36H,1-3,13,15H2,(H,31,32)(H,33,37). The number of aliphatic hydroxyl groups is 1. The number of unbranched alkanes of at least 4 members (excludes halogenated alkanes) is 2. The van der Waals surface area contributed by atoms with E-state index in [1.807, 2.05) is 0 Å². The molecule has 3 N–H and O–H groups in total. The summed E-state index contributed by atoms with van der Waals surface area (Å²) in [6.07, 6.45) is 2.37. The van der Waals surface area contributed by atoms with Crippen molar-refractivity contribution in [2.45, 2.75) is 25.4 Å². The number of hydrogen-bond donors (Lipinski definition) is 3. The molecular weight excluding hydrogens is 485 g/mol. The van der Waals surface area contributed by atoms with E-state index in [1.165, 1.54) is 17.1 Å². The summed E-state index contributed by atoms with van der Waals surface area (Å²) in [4.78, 5) is 21.1. The highest BCUT2D eigenvalue weighted by Crippen LogP contribution is 2.33. The average molecular weight is 511 g/mol. The third kappa shape index (κ3) is 6.50. The fourth-order valence-corrected chi connectivity index (χ4v) is 3.67. The Morgan fingerprint density at radius 1 is 1.00 bits per heavy atom. The summed E-state index contributed by atoms with van der Waals surface area (Å²) in [6, 6.07) is 13.9. The molecule has 1 aromatic carbocycles. The normalized spacial score (nSPS) is 11.4. The molecule has 0 spiro atoms. The zero-order chi connectivity index (χ0) is 26.3. The molecule has 1 amide bonds. The Kier molecular flexibility index (Phi) is 8.14. The number of alkyl halides is 3. The van der Waals surface area contributed by atoms with Crippen molar-refractivity contribution < 1.29 is 23.1 Å². The molecule has 0 fully saturated rings. The van der Waals surface area contributed by atoms with Crippen LogP contribution in [0, 0.1) is 0 Å². The number of aliphatic hydroxyl groups excluding tert-OH is 1. The molecule has 0 unspecified atom stereocenters. The molecule has 11 heteroatoms. The first kappa shape index (κ1) is 25.8. The van der Waals surface area contributed by atoms with Gasteiger partial charge in [-0.2, -0.15) is 18.3 Å². The van der Waals surface area contributed by atoms with Gasteiger partial charge in [-0.3, -0.25) is 9.78 Å². The summed E-state index contributed by atoms with van der Waals surface area (Å²) in [5, 5.41) is 18.6. The zero-order valence-electron chi connectivity index (χ0n) is 19.7. The van der Waals surface area contributed by atoms with Gasteiger partial charge >= 0.3 is 6.18 Å². The number of rotatable bonds is 10. The van der Waals surface area contributed by atoms with Crippen LogP contribution in [0.5, 0.6) is 0 Å². The highest BCUT2D eigenvalue weighted by Gasteiger charge is 2.35. The molecule has 3 aromatic heterocycles. The van der Waals surface area contributed by atoms with Crippen molar-refractivity contribution in [3.8, 4) is 16.9 Å². The number of carbonyl (C=O) groups is 1. The van der Waals surface area contributed by atoms with E-state index in [2.05, 4.69) is 25.7 Å². The molecule has 0 radical (unpaired) electrons. The summed E-state index contributed by atoms with van der Waals surface area (Å²) >= 11 is 0. The van der Waals surface area contributed by atoms with Crippen molar-refractivity contribution in [2.75, 3.05) is 23.8 Å². The lowest BCUT2D eigenvalue weighted by Gasteiger charge is -2.12. The molecule has 0 aliphatic heterocycles. The van der Waals surface area contributed by atoms with Crippen molar-refractivity contribution in [3.63, 3.8) is 0 Å². The van der Waals surface area contributed by atoms with Crippen molar-refractivity contribution in [1.29, 1.82) is 0 Å². The van der Waals surface area contributed by atoms with Crippen molar-refractivity contribution in [1.82, 2.24) is 19.7 Å². The minimum absolute atomic E-state index is 0.144. The molecule has 37 heavy (non-hydrogen) atoms. The predicted octanol–water partition coefficient (Wildman–Crippen LogP) is 5.17. The molecule has 3 heterocycles. The molecular formula is C26H25F3N6O2. The number of halogens is 3. The van der Waals surface area contributed by atoms with Crippen LogP contribution in [-0.4, -0.2) is 43.9 Å². The Labute approximate surface area is 211 Å². The monoisotopic (exact) mass is 510 g/mol.